The van der Waals surface area contributed by atoms with Gasteiger partial charge >= 0.3 is 0 Å². The van der Waals surface area contributed by atoms with Gasteiger partial charge in [0.05, 0.1) is 17.1 Å². The molecule has 7 nitrogen and oxygen atoms in total. The molecule has 2 aromatic rings. The zero-order valence-electron chi connectivity index (χ0n) is 19.0. The van der Waals surface area contributed by atoms with E-state index in [0.717, 1.165) is 21.6 Å². The van der Waals surface area contributed by atoms with E-state index in [9.17, 15) is 22.8 Å². The molecule has 2 aliphatic heterocycles. The topological polar surface area (TPSA) is 101 Å². The van der Waals surface area contributed by atoms with Crippen LogP contribution in [0.5, 0.6) is 0 Å². The summed E-state index contributed by atoms with van der Waals surface area (Å²) in [7, 11) is -3.33. The fourth-order valence-corrected chi connectivity index (χ4v) is 6.82. The molecule has 9 heteroatoms. The Balaban J connectivity index is 1.41. The minimum atomic E-state index is -3.33. The maximum atomic E-state index is 12.8. The highest BCUT2D eigenvalue weighted by Gasteiger charge is 2.40. The number of imide groups is 1. The third-order valence-corrected chi connectivity index (χ3v) is 8.92. The van der Waals surface area contributed by atoms with E-state index in [-0.39, 0.29) is 41.7 Å². The van der Waals surface area contributed by atoms with Crippen molar-refractivity contribution in [1.82, 2.24) is 10.2 Å². The predicted octanol–water partition coefficient (Wildman–Crippen LogP) is 2.96. The van der Waals surface area contributed by atoms with Crippen molar-refractivity contribution in [3.05, 3.63) is 56.8 Å². The van der Waals surface area contributed by atoms with Gasteiger partial charge in [-0.05, 0) is 34.9 Å². The van der Waals surface area contributed by atoms with Crippen molar-refractivity contribution >= 4 is 38.9 Å². The lowest BCUT2D eigenvalue weighted by atomic mass is 9.87. The van der Waals surface area contributed by atoms with Gasteiger partial charge in [0, 0.05) is 23.2 Å². The summed E-state index contributed by atoms with van der Waals surface area (Å²) in [6.07, 6.45) is 0.843. The molecular formula is C24H28N2O5S2. The van der Waals surface area contributed by atoms with E-state index >= 15 is 0 Å². The second-order valence-corrected chi connectivity index (χ2v) is 12.9. The van der Waals surface area contributed by atoms with E-state index in [2.05, 4.69) is 26.1 Å². The lowest BCUT2D eigenvalue weighted by Crippen LogP contribution is -2.52. The van der Waals surface area contributed by atoms with E-state index < -0.39 is 21.8 Å². The smallest absolute Gasteiger partial charge is 0.256 e. The Morgan fingerprint density at radius 3 is 2.45 bits per heavy atom. The minimum absolute atomic E-state index is 0.00637. The van der Waals surface area contributed by atoms with Crippen LogP contribution in [0.25, 0.3) is 0 Å². The van der Waals surface area contributed by atoms with Crippen LogP contribution in [0, 0.1) is 0 Å². The summed E-state index contributed by atoms with van der Waals surface area (Å²) in [6.45, 7) is 6.62. The third kappa shape index (κ3) is 5.04. The molecule has 1 unspecified atom stereocenters. The van der Waals surface area contributed by atoms with Crippen LogP contribution in [-0.4, -0.2) is 42.8 Å². The van der Waals surface area contributed by atoms with Gasteiger partial charge in [0.2, 0.25) is 11.8 Å². The predicted molar refractivity (Wildman–Crippen MR) is 127 cm³/mol. The number of nitrogens with one attached hydrogen (secondary N) is 1. The van der Waals surface area contributed by atoms with Crippen LogP contribution in [0.1, 0.15) is 65.5 Å². The Morgan fingerprint density at radius 1 is 1.12 bits per heavy atom. The Kier molecular flexibility index (Phi) is 6.22. The summed E-state index contributed by atoms with van der Waals surface area (Å²) in [5, 5.41) is 4.04. The summed E-state index contributed by atoms with van der Waals surface area (Å²) >= 11 is 1.39. The van der Waals surface area contributed by atoms with Crippen LogP contribution in [0.15, 0.2) is 29.6 Å². The van der Waals surface area contributed by atoms with E-state index in [1.54, 1.807) is 5.38 Å². The monoisotopic (exact) mass is 488 g/mol. The van der Waals surface area contributed by atoms with Crippen molar-refractivity contribution in [1.29, 1.82) is 0 Å². The maximum Gasteiger partial charge on any atom is 0.256 e. The molecule has 1 N–H and O–H groups in total. The van der Waals surface area contributed by atoms with Gasteiger partial charge in [0.15, 0.2) is 9.84 Å². The number of piperidine rings is 1. The van der Waals surface area contributed by atoms with Gasteiger partial charge in [0.1, 0.15) is 6.04 Å². The number of sulfone groups is 1. The van der Waals surface area contributed by atoms with E-state index in [0.29, 0.717) is 18.4 Å². The maximum absolute atomic E-state index is 12.8. The second-order valence-electron chi connectivity index (χ2n) is 9.74. The number of carbonyl (C=O) groups is 3. The van der Waals surface area contributed by atoms with Gasteiger partial charge in [-0.1, -0.05) is 45.0 Å². The van der Waals surface area contributed by atoms with E-state index in [1.165, 1.54) is 16.2 Å². The van der Waals surface area contributed by atoms with Crippen molar-refractivity contribution in [3.8, 4) is 0 Å². The van der Waals surface area contributed by atoms with Crippen molar-refractivity contribution in [2.24, 2.45) is 0 Å². The van der Waals surface area contributed by atoms with Crippen LogP contribution in [0.2, 0.25) is 0 Å². The van der Waals surface area contributed by atoms with Gasteiger partial charge in [0.25, 0.3) is 5.91 Å². The largest absolute Gasteiger partial charge is 0.322 e. The van der Waals surface area contributed by atoms with Crippen molar-refractivity contribution in [2.45, 2.75) is 63.8 Å². The molecule has 33 heavy (non-hydrogen) atoms. The highest BCUT2D eigenvalue weighted by molar-refractivity contribution is 7.90. The van der Waals surface area contributed by atoms with Gasteiger partial charge < -0.3 is 4.90 Å². The zero-order valence-corrected chi connectivity index (χ0v) is 20.6. The number of carbonyl (C=O) groups excluding carboxylic acids is 3. The number of aryl methyl sites for hydroxylation is 1. The molecule has 0 spiro atoms. The summed E-state index contributed by atoms with van der Waals surface area (Å²) in [6, 6.07) is 7.04. The molecule has 2 aliphatic rings. The van der Waals surface area contributed by atoms with Crippen molar-refractivity contribution < 1.29 is 22.8 Å². The zero-order chi connectivity index (χ0) is 24.0. The average molecular weight is 489 g/mol. The minimum Gasteiger partial charge on any atom is -0.322 e. The molecule has 1 aromatic carbocycles. The molecule has 0 aliphatic carbocycles. The second kappa shape index (κ2) is 8.68. The van der Waals surface area contributed by atoms with Gasteiger partial charge in [-0.3, -0.25) is 19.7 Å². The Morgan fingerprint density at radius 2 is 1.82 bits per heavy atom. The Labute approximate surface area is 198 Å². The molecule has 0 radical (unpaired) electrons. The fraction of sp³-hybridized carbons (Fsp3) is 0.458. The molecule has 4 rings (SSSR count). The third-order valence-electron chi connectivity index (χ3n) is 6.23. The number of nitrogens with zero attached hydrogens (tertiary/aromatic N) is 1. The average Bonchev–Trinajstić information content (AvgIpc) is 3.26. The van der Waals surface area contributed by atoms with Crippen LogP contribution in [0.3, 0.4) is 0 Å². The van der Waals surface area contributed by atoms with Crippen molar-refractivity contribution in [3.63, 3.8) is 0 Å². The first-order valence-electron chi connectivity index (χ1n) is 11.0. The quantitative estimate of drug-likeness (QED) is 0.630. The Bertz CT molecular complexity index is 1210. The summed E-state index contributed by atoms with van der Waals surface area (Å²) in [5.41, 5.74) is 3.27. The normalized spacial score (nSPS) is 19.1. The Hall–Kier alpha value is -2.52. The molecule has 1 atom stereocenters. The molecule has 3 amide bonds. The number of amides is 3. The molecule has 1 saturated heterocycles. The standard InChI is InChI=1S/C24H28N2O5S2/c1-24(2,3)16-6-4-15(5-7-16)14-33(30,31)11-10-20-17-12-26(23(29)18(17)13-32-20)19-8-9-21(27)25-22(19)28/h4-7,13,19H,8-12,14H2,1-3H3,(H,25,27,28). The summed E-state index contributed by atoms with van der Waals surface area (Å²) < 4.78 is 25.5. The number of hydrogen-bond donors (Lipinski definition) is 1. The molecule has 3 heterocycles. The summed E-state index contributed by atoms with van der Waals surface area (Å²) in [5.74, 6) is -1.03. The number of thiophene rings is 1. The van der Waals surface area contributed by atoms with Crippen LogP contribution >= 0.6 is 11.3 Å². The summed E-state index contributed by atoms with van der Waals surface area (Å²) in [4.78, 5) is 38.8. The highest BCUT2D eigenvalue weighted by Crippen LogP contribution is 2.34. The van der Waals surface area contributed by atoms with Crippen LogP contribution in [-0.2, 0) is 43.6 Å². The first-order valence-corrected chi connectivity index (χ1v) is 13.7. The molecular weight excluding hydrogens is 460 g/mol. The number of hydrogen-bond acceptors (Lipinski definition) is 6. The van der Waals surface area contributed by atoms with Crippen LogP contribution in [0.4, 0.5) is 0 Å². The fourth-order valence-electron chi connectivity index (χ4n) is 4.29. The van der Waals surface area contributed by atoms with Gasteiger partial charge in [-0.2, -0.15) is 0 Å². The first kappa shape index (κ1) is 23.6. The lowest BCUT2D eigenvalue weighted by molar-refractivity contribution is -0.136. The molecule has 0 bridgehead atoms. The number of benzene rings is 1. The highest BCUT2D eigenvalue weighted by atomic mass is 32.2. The van der Waals surface area contributed by atoms with E-state index in [4.69, 9.17) is 0 Å². The van der Waals surface area contributed by atoms with Crippen molar-refractivity contribution in [2.75, 3.05) is 5.75 Å². The van der Waals surface area contributed by atoms with E-state index in [1.807, 2.05) is 24.3 Å². The molecule has 176 valence electrons. The van der Waals surface area contributed by atoms with Crippen LogP contribution < -0.4 is 5.32 Å². The SMILES string of the molecule is CC(C)(C)c1ccc(CS(=O)(=O)CCc2scc3c2CN(C2CCC(=O)NC2=O)C3=O)cc1. The molecule has 1 aromatic heterocycles. The lowest BCUT2D eigenvalue weighted by Gasteiger charge is -2.29. The first-order chi connectivity index (χ1) is 15.4. The van der Waals surface area contributed by atoms with Gasteiger partial charge in [-0.25, -0.2) is 8.42 Å². The van der Waals surface area contributed by atoms with Gasteiger partial charge in [-0.15, -0.1) is 11.3 Å². The molecule has 1 fully saturated rings. The molecule has 0 saturated carbocycles. The number of rotatable bonds is 6. The number of fused-ring (bicyclic) bond motifs is 1.